The van der Waals surface area contributed by atoms with Crippen molar-refractivity contribution < 1.29 is 19.5 Å². The van der Waals surface area contributed by atoms with Gasteiger partial charge in [-0.15, -0.1) is 0 Å². The number of benzene rings is 1. The molecule has 2 atom stereocenters. The molecule has 29 heavy (non-hydrogen) atoms. The number of rotatable bonds is 4. The molecule has 2 aliphatic heterocycles. The molecular formula is C21H26N4O4. The topological polar surface area (TPSA) is 123 Å². The van der Waals surface area contributed by atoms with Gasteiger partial charge in [-0.25, -0.2) is 0 Å². The minimum Gasteiger partial charge on any atom is -0.393 e. The van der Waals surface area contributed by atoms with Gasteiger partial charge in [0.05, 0.1) is 12.6 Å². The summed E-state index contributed by atoms with van der Waals surface area (Å²) in [4.78, 5) is 38.5. The van der Waals surface area contributed by atoms with Gasteiger partial charge in [-0.2, -0.15) is 0 Å². The highest BCUT2D eigenvalue weighted by Gasteiger charge is 2.42. The van der Waals surface area contributed by atoms with Crippen LogP contribution in [0.1, 0.15) is 41.6 Å². The lowest BCUT2D eigenvalue weighted by Crippen LogP contribution is -2.44. The molecule has 2 amide bonds. The number of aliphatic hydroxyl groups excluding tert-OH is 1. The lowest BCUT2D eigenvalue weighted by molar-refractivity contribution is -0.137. The van der Waals surface area contributed by atoms with Crippen molar-refractivity contribution in [1.82, 2.24) is 10.2 Å². The zero-order valence-electron chi connectivity index (χ0n) is 16.2. The van der Waals surface area contributed by atoms with E-state index in [-0.39, 0.29) is 30.1 Å². The Labute approximate surface area is 169 Å². The summed E-state index contributed by atoms with van der Waals surface area (Å²) >= 11 is 0. The average Bonchev–Trinajstić information content (AvgIpc) is 3.04. The van der Waals surface area contributed by atoms with Gasteiger partial charge < -0.3 is 15.3 Å². The van der Waals surface area contributed by atoms with Gasteiger partial charge in [0.1, 0.15) is 5.84 Å². The fourth-order valence-corrected chi connectivity index (χ4v) is 4.56. The summed E-state index contributed by atoms with van der Waals surface area (Å²) in [6, 6.07) is 5.49. The molecule has 3 aliphatic rings. The normalized spacial score (nSPS) is 25.0. The van der Waals surface area contributed by atoms with Gasteiger partial charge in [-0.05, 0) is 37.3 Å². The molecule has 4 rings (SSSR count). The third-order valence-corrected chi connectivity index (χ3v) is 6.26. The molecule has 4 N–H and O–H groups in total. The van der Waals surface area contributed by atoms with Gasteiger partial charge in [-0.1, -0.05) is 12.1 Å². The molecule has 2 saturated heterocycles. The maximum atomic E-state index is 12.9. The quantitative estimate of drug-likeness (QED) is 0.340. The fourth-order valence-electron chi connectivity index (χ4n) is 4.56. The van der Waals surface area contributed by atoms with Gasteiger partial charge in [0, 0.05) is 42.6 Å². The van der Waals surface area contributed by atoms with Gasteiger partial charge in [0.15, 0.2) is 5.78 Å². The molecule has 8 heteroatoms. The van der Waals surface area contributed by atoms with Crippen LogP contribution in [0.25, 0.3) is 0 Å². The smallest absolute Gasteiger partial charge is 0.230 e. The number of Topliss-reactive ketones (excluding diaryl/α,β-unsaturated/α-hetero) is 1. The van der Waals surface area contributed by atoms with Gasteiger partial charge >= 0.3 is 0 Å². The average molecular weight is 398 g/mol. The summed E-state index contributed by atoms with van der Waals surface area (Å²) < 4.78 is 0. The molecule has 0 bridgehead atoms. The highest BCUT2D eigenvalue weighted by molar-refractivity contribution is 6.08. The van der Waals surface area contributed by atoms with Crippen LogP contribution in [0.2, 0.25) is 0 Å². The minimum atomic E-state index is -0.474. The molecule has 0 aromatic heterocycles. The lowest BCUT2D eigenvalue weighted by atomic mass is 9.83. The minimum absolute atomic E-state index is 0.0433. The number of amides is 2. The Hall–Kier alpha value is -2.74. The molecule has 8 nitrogen and oxygen atoms in total. The SMILES string of the molecule is N=C(CNc1cccc2c1CC(C1CCC(=O)NC1=O)C2=O)N1CCC(O)CC1. The van der Waals surface area contributed by atoms with Crippen molar-refractivity contribution in [1.29, 1.82) is 5.41 Å². The first kappa shape index (κ1) is 19.6. The molecule has 1 aromatic rings. The predicted octanol–water partition coefficient (Wildman–Crippen LogP) is 0.940. The third-order valence-electron chi connectivity index (χ3n) is 6.26. The highest BCUT2D eigenvalue weighted by atomic mass is 16.3. The molecule has 0 saturated carbocycles. The van der Waals surface area contributed by atoms with E-state index in [2.05, 4.69) is 10.6 Å². The number of hydrogen-bond acceptors (Lipinski definition) is 6. The van der Waals surface area contributed by atoms with Crippen LogP contribution in [-0.4, -0.2) is 59.2 Å². The van der Waals surface area contributed by atoms with Crippen molar-refractivity contribution in [2.75, 3.05) is 25.0 Å². The van der Waals surface area contributed by atoms with E-state index in [4.69, 9.17) is 5.41 Å². The number of likely N-dealkylation sites (tertiary alicyclic amines) is 1. The Morgan fingerprint density at radius 1 is 1.17 bits per heavy atom. The second-order valence-electron chi connectivity index (χ2n) is 8.08. The monoisotopic (exact) mass is 398 g/mol. The Bertz CT molecular complexity index is 860. The van der Waals surface area contributed by atoms with Gasteiger partial charge in [0.2, 0.25) is 11.8 Å². The first-order chi connectivity index (χ1) is 13.9. The van der Waals surface area contributed by atoms with Gasteiger partial charge in [-0.3, -0.25) is 25.1 Å². The predicted molar refractivity (Wildman–Crippen MR) is 107 cm³/mol. The van der Waals surface area contributed by atoms with Crippen molar-refractivity contribution in [2.24, 2.45) is 11.8 Å². The van der Waals surface area contributed by atoms with E-state index in [0.29, 0.717) is 56.7 Å². The number of amidine groups is 1. The van der Waals surface area contributed by atoms with E-state index in [1.807, 2.05) is 17.0 Å². The number of anilines is 1. The number of ketones is 1. The van der Waals surface area contributed by atoms with E-state index in [1.165, 1.54) is 0 Å². The van der Waals surface area contributed by atoms with Crippen LogP contribution in [0, 0.1) is 17.2 Å². The highest BCUT2D eigenvalue weighted by Crippen LogP contribution is 2.38. The van der Waals surface area contributed by atoms with E-state index < -0.39 is 11.8 Å². The molecule has 2 heterocycles. The van der Waals surface area contributed by atoms with Crippen LogP contribution < -0.4 is 10.6 Å². The number of aliphatic hydroxyl groups is 1. The summed E-state index contributed by atoms with van der Waals surface area (Å²) in [6.07, 6.45) is 2.20. The van der Waals surface area contributed by atoms with Crippen molar-refractivity contribution >= 4 is 29.1 Å². The number of nitrogens with one attached hydrogen (secondary N) is 3. The van der Waals surface area contributed by atoms with Crippen LogP contribution in [-0.2, 0) is 16.0 Å². The molecular weight excluding hydrogens is 372 g/mol. The van der Waals surface area contributed by atoms with Crippen molar-refractivity contribution in [3.63, 3.8) is 0 Å². The first-order valence-corrected chi connectivity index (χ1v) is 10.2. The maximum Gasteiger partial charge on any atom is 0.230 e. The fraction of sp³-hybridized carbons (Fsp3) is 0.524. The molecule has 0 radical (unpaired) electrons. The summed E-state index contributed by atoms with van der Waals surface area (Å²) in [5.41, 5.74) is 2.32. The van der Waals surface area contributed by atoms with Gasteiger partial charge in [0.25, 0.3) is 0 Å². The number of carbonyl (C=O) groups is 3. The Morgan fingerprint density at radius 2 is 1.93 bits per heavy atom. The van der Waals surface area contributed by atoms with Crippen LogP contribution in [0.5, 0.6) is 0 Å². The zero-order chi connectivity index (χ0) is 20.5. The van der Waals surface area contributed by atoms with E-state index in [9.17, 15) is 19.5 Å². The zero-order valence-corrected chi connectivity index (χ0v) is 16.2. The third kappa shape index (κ3) is 3.89. The van der Waals surface area contributed by atoms with Crippen molar-refractivity contribution in [3.8, 4) is 0 Å². The standard InChI is InChI=1S/C21H26N4O4/c22-18(25-8-6-12(26)7-9-25)11-23-17-3-1-2-13-15(17)10-16(20(13)28)14-4-5-19(27)24-21(14)29/h1-3,12,14,16,22-23,26H,4-11H2,(H,24,27,29). The summed E-state index contributed by atoms with van der Waals surface area (Å²) in [6.45, 7) is 1.68. The van der Waals surface area contributed by atoms with Crippen LogP contribution in [0.3, 0.4) is 0 Å². The summed E-state index contributed by atoms with van der Waals surface area (Å²) in [5, 5.41) is 23.6. The van der Waals surface area contributed by atoms with Crippen LogP contribution >= 0.6 is 0 Å². The number of fused-ring (bicyclic) bond motifs is 1. The largest absolute Gasteiger partial charge is 0.393 e. The molecule has 154 valence electrons. The van der Waals surface area contributed by atoms with Crippen LogP contribution in [0.15, 0.2) is 18.2 Å². The van der Waals surface area contributed by atoms with E-state index in [1.54, 1.807) is 6.07 Å². The van der Waals surface area contributed by atoms with E-state index in [0.717, 1.165) is 11.3 Å². The Morgan fingerprint density at radius 3 is 2.66 bits per heavy atom. The Balaban J connectivity index is 1.44. The molecule has 2 fully saturated rings. The summed E-state index contributed by atoms with van der Waals surface area (Å²) in [5.74, 6) is -1.13. The van der Waals surface area contributed by atoms with E-state index >= 15 is 0 Å². The molecule has 1 aliphatic carbocycles. The second kappa shape index (κ2) is 7.94. The number of nitrogens with zero attached hydrogens (tertiary/aromatic N) is 1. The number of piperidine rings is 2. The molecule has 1 aromatic carbocycles. The maximum absolute atomic E-state index is 12.9. The molecule has 2 unspecified atom stereocenters. The number of imide groups is 1. The van der Waals surface area contributed by atoms with Crippen LogP contribution in [0.4, 0.5) is 5.69 Å². The first-order valence-electron chi connectivity index (χ1n) is 10.2. The second-order valence-corrected chi connectivity index (χ2v) is 8.08. The van der Waals surface area contributed by atoms with Crippen molar-refractivity contribution in [2.45, 2.75) is 38.2 Å². The van der Waals surface area contributed by atoms with Crippen molar-refractivity contribution in [3.05, 3.63) is 29.3 Å². The lowest BCUT2D eigenvalue weighted by Gasteiger charge is -2.31. The number of hydrogen-bond donors (Lipinski definition) is 4. The Kier molecular flexibility index (Phi) is 5.36. The number of carbonyl (C=O) groups excluding carboxylic acids is 3. The summed E-state index contributed by atoms with van der Waals surface area (Å²) in [7, 11) is 0. The molecule has 0 spiro atoms.